The molecule has 9 heteroatoms. The summed E-state index contributed by atoms with van der Waals surface area (Å²) in [6.45, 7) is 7.26. The highest BCUT2D eigenvalue weighted by Gasteiger charge is 2.22. The Kier molecular flexibility index (Phi) is 5.64. The number of nitrogens with zero attached hydrogens (tertiary/aromatic N) is 4. The van der Waals surface area contributed by atoms with Crippen LogP contribution in [0.15, 0.2) is 47.9 Å². The predicted octanol–water partition coefficient (Wildman–Crippen LogP) is 2.92. The monoisotopic (exact) mass is 398 g/mol. The maximum absolute atomic E-state index is 12.3. The molecule has 2 aromatic heterocycles. The van der Waals surface area contributed by atoms with E-state index in [2.05, 4.69) is 25.7 Å². The number of carbonyl (C=O) groups excluding carboxylic acids is 2. The molecule has 146 valence electrons. The lowest BCUT2D eigenvalue weighted by Gasteiger charge is -2.21. The minimum atomic E-state index is -0.524. The molecule has 28 heavy (non-hydrogen) atoms. The van der Waals surface area contributed by atoms with E-state index < -0.39 is 22.7 Å². The Morgan fingerprint density at radius 3 is 2.54 bits per heavy atom. The topological polar surface area (TPSA) is 102 Å². The van der Waals surface area contributed by atoms with Crippen LogP contribution >= 0.6 is 11.8 Å². The van der Waals surface area contributed by atoms with Gasteiger partial charge in [-0.15, -0.1) is 0 Å². The molecule has 0 aliphatic rings. The zero-order chi connectivity index (χ0) is 20.3. The third-order valence-corrected chi connectivity index (χ3v) is 4.83. The van der Waals surface area contributed by atoms with E-state index in [4.69, 9.17) is 0 Å². The number of carbonyl (C=O) groups is 2. The van der Waals surface area contributed by atoms with Crippen LogP contribution in [0.4, 0.5) is 4.79 Å². The largest absolute Gasteiger partial charge is 0.333 e. The summed E-state index contributed by atoms with van der Waals surface area (Å²) in [5.74, 6) is -0.394. The molecule has 0 radical (unpaired) electrons. The van der Waals surface area contributed by atoms with E-state index in [0.717, 1.165) is 11.1 Å². The van der Waals surface area contributed by atoms with Crippen molar-refractivity contribution in [1.82, 2.24) is 30.4 Å². The number of fused-ring (bicyclic) bond motifs is 1. The highest BCUT2D eigenvalue weighted by molar-refractivity contribution is 8.00. The lowest BCUT2D eigenvalue weighted by atomic mass is 10.1. The van der Waals surface area contributed by atoms with E-state index in [1.807, 2.05) is 51.1 Å². The number of aromatic nitrogens is 4. The molecular formula is C19H22N6O2S. The van der Waals surface area contributed by atoms with Crippen LogP contribution in [0.3, 0.4) is 0 Å². The number of imide groups is 1. The van der Waals surface area contributed by atoms with Gasteiger partial charge in [0.25, 0.3) is 0 Å². The van der Waals surface area contributed by atoms with Crippen molar-refractivity contribution in [2.45, 2.75) is 43.5 Å². The number of urea groups is 1. The second-order valence-electron chi connectivity index (χ2n) is 7.26. The van der Waals surface area contributed by atoms with E-state index in [-0.39, 0.29) is 0 Å². The standard InChI is InChI=1S/C19H22N6O2S/c1-12(16(26)23-18(27)24-19(2,3)4)28-17-14-10-22-25(15(14)20-11-21-17)13-8-6-5-7-9-13/h5-12H,1-4H3,(H2,23,24,26,27). The Balaban J connectivity index is 1.76. The van der Waals surface area contributed by atoms with Crippen molar-refractivity contribution in [3.8, 4) is 5.69 Å². The summed E-state index contributed by atoms with van der Waals surface area (Å²) in [6, 6.07) is 9.14. The predicted molar refractivity (Wildman–Crippen MR) is 108 cm³/mol. The first-order valence-electron chi connectivity index (χ1n) is 8.78. The summed E-state index contributed by atoms with van der Waals surface area (Å²) in [7, 11) is 0. The van der Waals surface area contributed by atoms with Gasteiger partial charge in [0.2, 0.25) is 5.91 Å². The molecule has 1 unspecified atom stereocenters. The Bertz CT molecular complexity index is 997. The zero-order valence-electron chi connectivity index (χ0n) is 16.1. The van der Waals surface area contributed by atoms with Gasteiger partial charge in [-0.3, -0.25) is 10.1 Å². The van der Waals surface area contributed by atoms with Crippen LogP contribution in [0.2, 0.25) is 0 Å². The Labute approximate surface area is 167 Å². The van der Waals surface area contributed by atoms with Gasteiger partial charge >= 0.3 is 6.03 Å². The fraction of sp³-hybridized carbons (Fsp3) is 0.316. The maximum Gasteiger partial charge on any atom is 0.321 e. The van der Waals surface area contributed by atoms with Crippen LogP contribution in [0.5, 0.6) is 0 Å². The molecule has 3 aromatic rings. The van der Waals surface area contributed by atoms with Crippen molar-refractivity contribution in [3.05, 3.63) is 42.9 Å². The minimum absolute atomic E-state index is 0.394. The molecule has 0 saturated carbocycles. The normalized spacial score (nSPS) is 12.6. The van der Waals surface area contributed by atoms with Crippen molar-refractivity contribution >= 4 is 34.7 Å². The van der Waals surface area contributed by atoms with Crippen LogP contribution in [0.1, 0.15) is 27.7 Å². The molecule has 0 aliphatic carbocycles. The zero-order valence-corrected chi connectivity index (χ0v) is 16.9. The SMILES string of the molecule is CC(Sc1ncnc2c1cnn2-c1ccccc1)C(=O)NC(=O)NC(C)(C)C. The third-order valence-electron chi connectivity index (χ3n) is 3.71. The first kappa shape index (κ1) is 19.8. The quantitative estimate of drug-likeness (QED) is 0.518. The number of amides is 3. The molecule has 2 heterocycles. The highest BCUT2D eigenvalue weighted by Crippen LogP contribution is 2.28. The van der Waals surface area contributed by atoms with Gasteiger partial charge in [-0.2, -0.15) is 5.10 Å². The van der Waals surface area contributed by atoms with E-state index in [1.54, 1.807) is 17.8 Å². The van der Waals surface area contributed by atoms with Crippen LogP contribution in [0.25, 0.3) is 16.7 Å². The first-order chi connectivity index (χ1) is 13.2. The molecule has 0 saturated heterocycles. The number of para-hydroxylation sites is 1. The molecular weight excluding hydrogens is 376 g/mol. The van der Waals surface area contributed by atoms with Gasteiger partial charge in [-0.05, 0) is 39.8 Å². The molecule has 0 fully saturated rings. The van der Waals surface area contributed by atoms with Crippen molar-refractivity contribution in [1.29, 1.82) is 0 Å². The molecule has 0 bridgehead atoms. The average molecular weight is 398 g/mol. The fourth-order valence-electron chi connectivity index (χ4n) is 2.48. The molecule has 1 aromatic carbocycles. The number of nitrogens with one attached hydrogen (secondary N) is 2. The van der Waals surface area contributed by atoms with Crippen LogP contribution in [0, 0.1) is 0 Å². The van der Waals surface area contributed by atoms with E-state index in [1.165, 1.54) is 18.1 Å². The number of hydrogen-bond donors (Lipinski definition) is 2. The third kappa shape index (κ3) is 4.66. The van der Waals surface area contributed by atoms with Crippen LogP contribution in [-0.4, -0.2) is 42.5 Å². The van der Waals surface area contributed by atoms with Crippen LogP contribution in [-0.2, 0) is 4.79 Å². The number of thioether (sulfide) groups is 1. The number of rotatable bonds is 4. The van der Waals surface area contributed by atoms with Gasteiger partial charge in [-0.25, -0.2) is 19.4 Å². The molecule has 2 N–H and O–H groups in total. The molecule has 0 spiro atoms. The summed E-state index contributed by atoms with van der Waals surface area (Å²) >= 11 is 1.25. The van der Waals surface area contributed by atoms with Crippen molar-refractivity contribution in [2.75, 3.05) is 0 Å². The maximum atomic E-state index is 12.3. The van der Waals surface area contributed by atoms with E-state index in [9.17, 15) is 9.59 Å². The second kappa shape index (κ2) is 7.97. The smallest absolute Gasteiger partial charge is 0.321 e. The lowest BCUT2D eigenvalue weighted by Crippen LogP contribution is -2.49. The van der Waals surface area contributed by atoms with Gasteiger partial charge in [0, 0.05) is 5.54 Å². The summed E-state index contributed by atoms with van der Waals surface area (Å²) in [5.41, 5.74) is 1.12. The lowest BCUT2D eigenvalue weighted by molar-refractivity contribution is -0.119. The fourth-order valence-corrected chi connectivity index (χ4v) is 3.36. The first-order valence-corrected chi connectivity index (χ1v) is 9.66. The highest BCUT2D eigenvalue weighted by atomic mass is 32.2. The Morgan fingerprint density at radius 2 is 1.86 bits per heavy atom. The number of benzene rings is 1. The summed E-state index contributed by atoms with van der Waals surface area (Å²) in [6.07, 6.45) is 3.13. The van der Waals surface area contributed by atoms with Crippen molar-refractivity contribution in [2.24, 2.45) is 0 Å². The van der Waals surface area contributed by atoms with Gasteiger partial charge in [0.15, 0.2) is 5.65 Å². The molecule has 0 aliphatic heterocycles. The molecule has 3 amide bonds. The second-order valence-corrected chi connectivity index (χ2v) is 8.59. The van der Waals surface area contributed by atoms with Gasteiger partial charge in [-0.1, -0.05) is 30.0 Å². The van der Waals surface area contributed by atoms with E-state index >= 15 is 0 Å². The van der Waals surface area contributed by atoms with Crippen LogP contribution < -0.4 is 10.6 Å². The van der Waals surface area contributed by atoms with Gasteiger partial charge < -0.3 is 5.32 Å². The number of hydrogen-bond acceptors (Lipinski definition) is 6. The molecule has 3 rings (SSSR count). The summed E-state index contributed by atoms with van der Waals surface area (Å²) < 4.78 is 1.72. The van der Waals surface area contributed by atoms with Crippen molar-refractivity contribution < 1.29 is 9.59 Å². The molecule has 8 nitrogen and oxygen atoms in total. The molecule has 1 atom stereocenters. The average Bonchev–Trinajstić information content (AvgIpc) is 3.06. The summed E-state index contributed by atoms with van der Waals surface area (Å²) in [4.78, 5) is 32.9. The Morgan fingerprint density at radius 1 is 1.14 bits per heavy atom. The summed E-state index contributed by atoms with van der Waals surface area (Å²) in [5, 5.41) is 10.3. The van der Waals surface area contributed by atoms with Gasteiger partial charge in [0.1, 0.15) is 11.4 Å². The van der Waals surface area contributed by atoms with Gasteiger partial charge in [0.05, 0.1) is 22.5 Å². The Hall–Kier alpha value is -2.94. The minimum Gasteiger partial charge on any atom is -0.333 e. The van der Waals surface area contributed by atoms with E-state index in [0.29, 0.717) is 10.7 Å². The van der Waals surface area contributed by atoms with Crippen molar-refractivity contribution in [3.63, 3.8) is 0 Å².